The average molecular weight is 380 g/mol. The Morgan fingerprint density at radius 2 is 2.12 bits per heavy atom. The Kier molecular flexibility index (Phi) is 6.25. The molecule has 2 aromatic carbocycles. The fourth-order valence-electron chi connectivity index (χ4n) is 2.16. The molecule has 0 aliphatic carbocycles. The molecule has 0 saturated heterocycles. The van der Waals surface area contributed by atoms with Crippen molar-refractivity contribution in [2.75, 3.05) is 12.5 Å². The highest BCUT2D eigenvalue weighted by Gasteiger charge is 2.13. The zero-order chi connectivity index (χ0) is 18.2. The van der Waals surface area contributed by atoms with Crippen molar-refractivity contribution in [3.05, 3.63) is 71.3 Å². The van der Waals surface area contributed by atoms with Crippen molar-refractivity contribution in [3.63, 3.8) is 0 Å². The van der Waals surface area contributed by atoms with Crippen molar-refractivity contribution in [1.29, 1.82) is 5.26 Å². The molecule has 0 unspecified atom stereocenters. The SMILES string of the molecule is COc1cccc(/C=N\Nc2snc(SCc3ccccc3)c2C#N)c1. The first kappa shape index (κ1) is 18.0. The number of ether oxygens (including phenoxy) is 1. The van der Waals surface area contributed by atoms with Gasteiger partial charge in [-0.1, -0.05) is 54.2 Å². The van der Waals surface area contributed by atoms with Crippen LogP contribution < -0.4 is 10.2 Å². The summed E-state index contributed by atoms with van der Waals surface area (Å²) in [6.45, 7) is 0. The molecular weight excluding hydrogens is 364 g/mol. The van der Waals surface area contributed by atoms with Gasteiger partial charge in [0.05, 0.1) is 13.3 Å². The third-order valence-corrected chi connectivity index (χ3v) is 5.38. The number of hydrogen-bond acceptors (Lipinski definition) is 7. The first-order valence-corrected chi connectivity index (χ1v) is 9.55. The van der Waals surface area contributed by atoms with Crippen LogP contribution in [0.15, 0.2) is 64.7 Å². The Morgan fingerprint density at radius 3 is 2.88 bits per heavy atom. The van der Waals surface area contributed by atoms with Gasteiger partial charge in [0.2, 0.25) is 0 Å². The second-order valence-electron chi connectivity index (χ2n) is 5.22. The zero-order valence-electron chi connectivity index (χ0n) is 14.0. The molecule has 0 saturated carbocycles. The number of nitrogens with one attached hydrogen (secondary N) is 1. The molecular formula is C19H16N4OS2. The minimum absolute atomic E-state index is 0.527. The predicted molar refractivity (Wildman–Crippen MR) is 107 cm³/mol. The smallest absolute Gasteiger partial charge is 0.148 e. The quantitative estimate of drug-likeness (QED) is 0.363. The summed E-state index contributed by atoms with van der Waals surface area (Å²) in [5.74, 6) is 1.54. The van der Waals surface area contributed by atoms with Crippen LogP contribution in [0.25, 0.3) is 0 Å². The molecule has 0 aliphatic rings. The molecule has 3 rings (SSSR count). The molecule has 1 heterocycles. The molecule has 0 amide bonds. The van der Waals surface area contributed by atoms with Crippen LogP contribution in [0.3, 0.4) is 0 Å². The molecule has 0 aliphatic heterocycles. The van der Waals surface area contributed by atoms with E-state index in [9.17, 15) is 5.26 Å². The monoisotopic (exact) mass is 380 g/mol. The molecule has 0 radical (unpaired) electrons. The normalized spacial score (nSPS) is 10.6. The largest absolute Gasteiger partial charge is 0.497 e. The summed E-state index contributed by atoms with van der Waals surface area (Å²) in [7, 11) is 1.62. The van der Waals surface area contributed by atoms with Crippen LogP contribution >= 0.6 is 23.3 Å². The van der Waals surface area contributed by atoms with E-state index in [2.05, 4.69) is 33.1 Å². The van der Waals surface area contributed by atoms with Crippen molar-refractivity contribution < 1.29 is 4.74 Å². The van der Waals surface area contributed by atoms with Gasteiger partial charge in [-0.3, -0.25) is 5.43 Å². The van der Waals surface area contributed by atoms with Crippen LogP contribution in [-0.4, -0.2) is 17.7 Å². The maximum Gasteiger partial charge on any atom is 0.148 e. The molecule has 130 valence electrons. The Hall–Kier alpha value is -2.82. The number of nitriles is 1. The fourth-order valence-corrected chi connectivity index (χ4v) is 3.93. The molecule has 0 atom stereocenters. The highest BCUT2D eigenvalue weighted by atomic mass is 32.2. The second-order valence-corrected chi connectivity index (χ2v) is 6.96. The van der Waals surface area contributed by atoms with Crippen LogP contribution in [0.1, 0.15) is 16.7 Å². The lowest BCUT2D eigenvalue weighted by Gasteiger charge is -2.01. The van der Waals surface area contributed by atoms with E-state index in [1.807, 2.05) is 42.5 Å². The third kappa shape index (κ3) is 4.63. The van der Waals surface area contributed by atoms with Gasteiger partial charge in [0.1, 0.15) is 27.4 Å². The van der Waals surface area contributed by atoms with Crippen molar-refractivity contribution in [2.45, 2.75) is 10.8 Å². The van der Waals surface area contributed by atoms with Crippen LogP contribution in [0.2, 0.25) is 0 Å². The Morgan fingerprint density at radius 1 is 1.27 bits per heavy atom. The van der Waals surface area contributed by atoms with Gasteiger partial charge in [-0.05, 0) is 34.8 Å². The van der Waals surface area contributed by atoms with Crippen LogP contribution in [0.4, 0.5) is 5.00 Å². The summed E-state index contributed by atoms with van der Waals surface area (Å²) in [4.78, 5) is 0. The molecule has 0 fully saturated rings. The van der Waals surface area contributed by atoms with Gasteiger partial charge < -0.3 is 4.74 Å². The molecule has 1 N–H and O–H groups in total. The van der Waals surface area contributed by atoms with Gasteiger partial charge in [-0.2, -0.15) is 14.7 Å². The number of anilines is 1. The van der Waals surface area contributed by atoms with Gasteiger partial charge in [0.15, 0.2) is 0 Å². The summed E-state index contributed by atoms with van der Waals surface area (Å²) >= 11 is 2.78. The van der Waals surface area contributed by atoms with Crippen molar-refractivity contribution in [3.8, 4) is 11.8 Å². The number of hydrogen-bond donors (Lipinski definition) is 1. The molecule has 3 aromatic rings. The van der Waals surface area contributed by atoms with Crippen LogP contribution in [0, 0.1) is 11.3 Å². The molecule has 0 spiro atoms. The number of nitrogens with zero attached hydrogens (tertiary/aromatic N) is 3. The maximum absolute atomic E-state index is 9.46. The van der Waals surface area contributed by atoms with Gasteiger partial charge in [-0.15, -0.1) is 0 Å². The minimum atomic E-state index is 0.527. The standard InChI is InChI=1S/C19H16N4OS2/c1-24-16-9-5-8-15(10-16)12-21-22-18-17(11-20)19(23-26-18)25-13-14-6-3-2-4-7-14/h2-10,12,22H,13H2,1H3/b21-12-. The molecule has 1 aromatic heterocycles. The van der Waals surface area contributed by atoms with Gasteiger partial charge in [0, 0.05) is 5.75 Å². The van der Waals surface area contributed by atoms with Gasteiger partial charge in [0.25, 0.3) is 0 Å². The number of thioether (sulfide) groups is 1. The van der Waals surface area contributed by atoms with Crippen LogP contribution in [-0.2, 0) is 5.75 Å². The summed E-state index contributed by atoms with van der Waals surface area (Å²) < 4.78 is 9.57. The lowest BCUT2D eigenvalue weighted by atomic mass is 10.2. The summed E-state index contributed by atoms with van der Waals surface area (Å²) in [5, 5.41) is 15.0. The zero-order valence-corrected chi connectivity index (χ0v) is 15.7. The Bertz CT molecular complexity index is 932. The van der Waals surface area contributed by atoms with E-state index in [0.717, 1.165) is 22.1 Å². The number of rotatable bonds is 7. The van der Waals surface area contributed by atoms with Gasteiger partial charge in [-0.25, -0.2) is 0 Å². The predicted octanol–water partition coefficient (Wildman–Crippen LogP) is 4.76. The Labute approximate surface area is 160 Å². The molecule has 5 nitrogen and oxygen atoms in total. The van der Waals surface area contributed by atoms with Crippen molar-refractivity contribution >= 4 is 34.5 Å². The molecule has 7 heteroatoms. The maximum atomic E-state index is 9.46. The summed E-state index contributed by atoms with van der Waals surface area (Å²) in [5.41, 5.74) is 5.54. The van der Waals surface area contributed by atoms with E-state index in [1.54, 1.807) is 25.1 Å². The van der Waals surface area contributed by atoms with E-state index < -0.39 is 0 Å². The fraction of sp³-hybridized carbons (Fsp3) is 0.105. The second kappa shape index (κ2) is 9.04. The molecule has 26 heavy (non-hydrogen) atoms. The average Bonchev–Trinajstić information content (AvgIpc) is 3.09. The lowest BCUT2D eigenvalue weighted by Crippen LogP contribution is -1.91. The van der Waals surface area contributed by atoms with Crippen molar-refractivity contribution in [1.82, 2.24) is 4.37 Å². The van der Waals surface area contributed by atoms with E-state index in [4.69, 9.17) is 4.74 Å². The minimum Gasteiger partial charge on any atom is -0.497 e. The first-order valence-electron chi connectivity index (χ1n) is 7.80. The number of aromatic nitrogens is 1. The topological polar surface area (TPSA) is 70.3 Å². The summed E-state index contributed by atoms with van der Waals surface area (Å²) in [6.07, 6.45) is 1.68. The Balaban J connectivity index is 1.66. The lowest BCUT2D eigenvalue weighted by molar-refractivity contribution is 0.415. The van der Waals surface area contributed by atoms with E-state index in [1.165, 1.54) is 17.1 Å². The highest BCUT2D eigenvalue weighted by molar-refractivity contribution is 7.98. The number of methoxy groups -OCH3 is 1. The van der Waals surface area contributed by atoms with Crippen LogP contribution in [0.5, 0.6) is 5.75 Å². The third-order valence-electron chi connectivity index (χ3n) is 3.46. The van der Waals surface area contributed by atoms with E-state index >= 15 is 0 Å². The van der Waals surface area contributed by atoms with E-state index in [0.29, 0.717) is 10.6 Å². The number of hydrazone groups is 1. The van der Waals surface area contributed by atoms with Gasteiger partial charge >= 0.3 is 0 Å². The number of benzene rings is 2. The highest BCUT2D eigenvalue weighted by Crippen LogP contribution is 2.32. The molecule has 0 bridgehead atoms. The van der Waals surface area contributed by atoms with E-state index in [-0.39, 0.29) is 0 Å². The first-order chi connectivity index (χ1) is 12.8. The summed E-state index contributed by atoms with van der Waals surface area (Å²) in [6, 6.07) is 19.9. The van der Waals surface area contributed by atoms with Crippen molar-refractivity contribution in [2.24, 2.45) is 5.10 Å².